The van der Waals surface area contributed by atoms with E-state index in [2.05, 4.69) is 10.0 Å². The SMILES string of the molecule is COC(O)c1c(NS(=O)(=O)c2ccc(F)cc2/C=C\CNC(C)C)ccc2c1OCC1CC21. The maximum absolute atomic E-state index is 13.9. The quantitative estimate of drug-likeness (QED) is 0.477. The van der Waals surface area contributed by atoms with E-state index in [1.54, 1.807) is 18.2 Å². The highest BCUT2D eigenvalue weighted by molar-refractivity contribution is 7.92. The second-order valence-corrected chi connectivity index (χ2v) is 10.4. The molecule has 0 radical (unpaired) electrons. The first kappa shape index (κ1) is 23.7. The Kier molecular flexibility index (Phi) is 6.76. The summed E-state index contributed by atoms with van der Waals surface area (Å²) in [5.41, 5.74) is 1.56. The van der Waals surface area contributed by atoms with Crippen LogP contribution in [-0.4, -0.2) is 39.8 Å². The Balaban J connectivity index is 1.69. The summed E-state index contributed by atoms with van der Waals surface area (Å²) in [7, 11) is -2.79. The minimum atomic E-state index is -4.12. The van der Waals surface area contributed by atoms with E-state index < -0.39 is 22.1 Å². The summed E-state index contributed by atoms with van der Waals surface area (Å²) in [5, 5.41) is 13.7. The molecule has 0 saturated heterocycles. The molecule has 2 aromatic carbocycles. The fraction of sp³-hybridized carbons (Fsp3) is 0.417. The lowest BCUT2D eigenvalue weighted by Crippen LogP contribution is -2.22. The van der Waals surface area contributed by atoms with Crippen molar-refractivity contribution in [1.82, 2.24) is 5.32 Å². The van der Waals surface area contributed by atoms with Gasteiger partial charge in [0, 0.05) is 25.6 Å². The van der Waals surface area contributed by atoms with Crippen LogP contribution in [0.1, 0.15) is 49.2 Å². The zero-order valence-corrected chi connectivity index (χ0v) is 19.7. The maximum atomic E-state index is 13.9. The van der Waals surface area contributed by atoms with Gasteiger partial charge < -0.3 is 19.9 Å². The van der Waals surface area contributed by atoms with Crippen molar-refractivity contribution >= 4 is 21.8 Å². The van der Waals surface area contributed by atoms with Crippen LogP contribution in [0.4, 0.5) is 10.1 Å². The molecular weight excluding hydrogens is 447 g/mol. The molecule has 3 unspecified atom stereocenters. The molecule has 1 heterocycles. The number of anilines is 1. The van der Waals surface area contributed by atoms with Crippen LogP contribution in [0.2, 0.25) is 0 Å². The van der Waals surface area contributed by atoms with Crippen LogP contribution in [0.25, 0.3) is 6.08 Å². The molecule has 0 amide bonds. The number of ether oxygens (including phenoxy) is 2. The van der Waals surface area contributed by atoms with Crippen LogP contribution in [0.15, 0.2) is 41.3 Å². The van der Waals surface area contributed by atoms with Crippen LogP contribution in [0, 0.1) is 11.7 Å². The van der Waals surface area contributed by atoms with Crippen molar-refractivity contribution in [3.05, 3.63) is 58.9 Å². The van der Waals surface area contributed by atoms with E-state index in [9.17, 15) is 17.9 Å². The summed E-state index contributed by atoms with van der Waals surface area (Å²) >= 11 is 0. The van der Waals surface area contributed by atoms with Gasteiger partial charge in [0.05, 0.1) is 22.8 Å². The summed E-state index contributed by atoms with van der Waals surface area (Å²) in [4.78, 5) is -0.0801. The molecule has 0 bridgehead atoms. The van der Waals surface area contributed by atoms with Gasteiger partial charge in [-0.2, -0.15) is 0 Å². The molecule has 1 fully saturated rings. The Hall–Kier alpha value is -2.46. The number of benzene rings is 2. The smallest absolute Gasteiger partial charge is 0.262 e. The molecule has 4 rings (SSSR count). The Bertz CT molecular complexity index is 1170. The van der Waals surface area contributed by atoms with Gasteiger partial charge in [0.2, 0.25) is 0 Å². The first-order valence-electron chi connectivity index (χ1n) is 10.9. The first-order valence-corrected chi connectivity index (χ1v) is 12.4. The molecule has 7 nitrogen and oxygen atoms in total. The van der Waals surface area contributed by atoms with Crippen molar-refractivity contribution in [3.8, 4) is 5.75 Å². The summed E-state index contributed by atoms with van der Waals surface area (Å²) in [5.74, 6) is 0.742. The molecule has 33 heavy (non-hydrogen) atoms. The number of methoxy groups -OCH3 is 1. The number of hydrogen-bond donors (Lipinski definition) is 3. The van der Waals surface area contributed by atoms with Crippen LogP contribution in [0.5, 0.6) is 5.75 Å². The van der Waals surface area contributed by atoms with Gasteiger partial charge in [-0.05, 0) is 47.7 Å². The van der Waals surface area contributed by atoms with Gasteiger partial charge in [-0.1, -0.05) is 32.1 Å². The van der Waals surface area contributed by atoms with Crippen molar-refractivity contribution in [2.75, 3.05) is 25.0 Å². The Morgan fingerprint density at radius 3 is 2.82 bits per heavy atom. The lowest BCUT2D eigenvalue weighted by molar-refractivity contribution is -0.0779. The number of halogens is 1. The standard InChI is InChI=1S/C24H29FN2O5S/c1-14(2)26-10-4-5-15-11-17(25)6-9-21(15)33(29,30)27-20-8-7-18-19-12-16(19)13-32-23(18)22(20)24(28)31-3/h4-9,11,14,16,19,24,26-28H,10,12-13H2,1-3H3/b5-4-. The molecule has 2 aliphatic rings. The van der Waals surface area contributed by atoms with Crippen LogP contribution in [0.3, 0.4) is 0 Å². The molecule has 1 aliphatic heterocycles. The van der Waals surface area contributed by atoms with Gasteiger partial charge in [0.25, 0.3) is 10.0 Å². The normalized spacial score (nSPS) is 20.3. The predicted molar refractivity (Wildman–Crippen MR) is 124 cm³/mol. The van der Waals surface area contributed by atoms with Gasteiger partial charge in [-0.15, -0.1) is 0 Å². The number of nitrogens with one attached hydrogen (secondary N) is 2. The summed E-state index contributed by atoms with van der Waals surface area (Å²) < 4.78 is 54.1. The molecule has 1 saturated carbocycles. The third-order valence-corrected chi connectivity index (χ3v) is 7.35. The van der Waals surface area contributed by atoms with E-state index in [1.807, 2.05) is 19.9 Å². The molecule has 0 aromatic heterocycles. The van der Waals surface area contributed by atoms with E-state index in [1.165, 1.54) is 19.2 Å². The fourth-order valence-electron chi connectivity index (χ4n) is 4.11. The number of hydrogen-bond acceptors (Lipinski definition) is 6. The van der Waals surface area contributed by atoms with Gasteiger partial charge in [-0.25, -0.2) is 12.8 Å². The average molecular weight is 477 g/mol. The number of aliphatic hydroxyl groups excluding tert-OH is 1. The van der Waals surface area contributed by atoms with Gasteiger partial charge in [-0.3, -0.25) is 4.72 Å². The largest absolute Gasteiger partial charge is 0.492 e. The highest BCUT2D eigenvalue weighted by Gasteiger charge is 2.45. The van der Waals surface area contributed by atoms with Crippen molar-refractivity contribution in [1.29, 1.82) is 0 Å². The van der Waals surface area contributed by atoms with E-state index in [-0.39, 0.29) is 27.8 Å². The summed E-state index contributed by atoms with van der Waals surface area (Å²) in [6.07, 6.45) is 2.95. The lowest BCUT2D eigenvalue weighted by Gasteiger charge is -2.25. The summed E-state index contributed by atoms with van der Waals surface area (Å²) in [6, 6.07) is 7.20. The topological polar surface area (TPSA) is 96.9 Å². The number of aliphatic hydroxyl groups is 1. The van der Waals surface area contributed by atoms with Crippen molar-refractivity contribution in [2.24, 2.45) is 5.92 Å². The number of sulfonamides is 1. The highest BCUT2D eigenvalue weighted by atomic mass is 32.2. The second-order valence-electron chi connectivity index (χ2n) is 8.70. The minimum absolute atomic E-state index is 0.0801. The van der Waals surface area contributed by atoms with Gasteiger partial charge in [0.15, 0.2) is 6.29 Å². The minimum Gasteiger partial charge on any atom is -0.492 e. The van der Waals surface area contributed by atoms with Crippen molar-refractivity contribution < 1.29 is 27.4 Å². The first-order chi connectivity index (χ1) is 15.7. The predicted octanol–water partition coefficient (Wildman–Crippen LogP) is 3.77. The van der Waals surface area contributed by atoms with E-state index in [0.29, 0.717) is 30.7 Å². The fourth-order valence-corrected chi connectivity index (χ4v) is 5.37. The molecule has 1 aliphatic carbocycles. The molecule has 178 valence electrons. The summed E-state index contributed by atoms with van der Waals surface area (Å²) in [6.45, 7) is 5.02. The molecule has 2 aromatic rings. The number of fused-ring (bicyclic) bond motifs is 3. The lowest BCUT2D eigenvalue weighted by atomic mass is 10.00. The van der Waals surface area contributed by atoms with E-state index >= 15 is 0 Å². The van der Waals surface area contributed by atoms with Crippen LogP contribution < -0.4 is 14.8 Å². The maximum Gasteiger partial charge on any atom is 0.262 e. The molecule has 0 spiro atoms. The van der Waals surface area contributed by atoms with E-state index in [4.69, 9.17) is 9.47 Å². The highest BCUT2D eigenvalue weighted by Crippen LogP contribution is 2.56. The molecular formula is C24H29FN2O5S. The molecule has 3 N–H and O–H groups in total. The monoisotopic (exact) mass is 476 g/mol. The van der Waals surface area contributed by atoms with Crippen molar-refractivity contribution in [3.63, 3.8) is 0 Å². The van der Waals surface area contributed by atoms with Gasteiger partial charge in [0.1, 0.15) is 11.6 Å². The average Bonchev–Trinajstić information content (AvgIpc) is 3.55. The van der Waals surface area contributed by atoms with Crippen LogP contribution >= 0.6 is 0 Å². The van der Waals surface area contributed by atoms with Gasteiger partial charge >= 0.3 is 0 Å². The third-order valence-electron chi connectivity index (χ3n) is 5.91. The Morgan fingerprint density at radius 1 is 1.30 bits per heavy atom. The molecule has 9 heteroatoms. The second kappa shape index (κ2) is 9.42. The third kappa shape index (κ3) is 5.06. The molecule has 3 atom stereocenters. The Labute approximate surface area is 193 Å². The Morgan fingerprint density at radius 2 is 2.09 bits per heavy atom. The number of rotatable bonds is 9. The zero-order chi connectivity index (χ0) is 23.8. The van der Waals surface area contributed by atoms with Crippen molar-refractivity contribution in [2.45, 2.75) is 43.4 Å². The van der Waals surface area contributed by atoms with Crippen LogP contribution in [-0.2, 0) is 14.8 Å². The van der Waals surface area contributed by atoms with E-state index in [0.717, 1.165) is 18.1 Å². The zero-order valence-electron chi connectivity index (χ0n) is 18.8.